The highest BCUT2D eigenvalue weighted by molar-refractivity contribution is 5.92. The van der Waals surface area contributed by atoms with Crippen LogP contribution >= 0.6 is 0 Å². The Balaban J connectivity index is 1.42. The van der Waals surface area contributed by atoms with Crippen molar-refractivity contribution in [2.45, 2.75) is 32.2 Å². The van der Waals surface area contributed by atoms with Crippen LogP contribution in [0.5, 0.6) is 5.75 Å². The summed E-state index contributed by atoms with van der Waals surface area (Å²) in [6, 6.07) is 7.67. The molecular weight excluding hydrogens is 344 g/mol. The third kappa shape index (κ3) is 5.32. The van der Waals surface area contributed by atoms with Crippen LogP contribution in [0.2, 0.25) is 0 Å². The first-order valence-corrected chi connectivity index (χ1v) is 9.33. The van der Waals surface area contributed by atoms with Crippen LogP contribution < -0.4 is 10.1 Å². The van der Waals surface area contributed by atoms with Gasteiger partial charge in [0.1, 0.15) is 11.4 Å². The number of hydrogen-bond donors (Lipinski definition) is 2. The van der Waals surface area contributed by atoms with Gasteiger partial charge in [0.2, 0.25) is 5.91 Å². The summed E-state index contributed by atoms with van der Waals surface area (Å²) in [4.78, 5) is 33.2. The number of carbonyl (C=O) groups is 2. The molecule has 0 spiro atoms. The van der Waals surface area contributed by atoms with E-state index in [4.69, 9.17) is 4.74 Å². The molecule has 0 saturated carbocycles. The summed E-state index contributed by atoms with van der Waals surface area (Å²) in [5.41, 5.74) is 1.53. The Morgan fingerprint density at radius 1 is 1.41 bits per heavy atom. The molecule has 1 aromatic heterocycles. The van der Waals surface area contributed by atoms with E-state index in [1.165, 1.54) is 6.33 Å². The van der Waals surface area contributed by atoms with Gasteiger partial charge in [0.25, 0.3) is 5.91 Å². The van der Waals surface area contributed by atoms with Crippen molar-refractivity contribution >= 4 is 11.8 Å². The van der Waals surface area contributed by atoms with Crippen molar-refractivity contribution in [2.75, 3.05) is 20.2 Å². The van der Waals surface area contributed by atoms with E-state index in [2.05, 4.69) is 15.3 Å². The molecule has 0 unspecified atom stereocenters. The van der Waals surface area contributed by atoms with E-state index >= 15 is 0 Å². The first-order valence-electron chi connectivity index (χ1n) is 9.33. The second kappa shape index (κ2) is 9.21. The number of amides is 2. The Bertz CT molecular complexity index is 760. The highest BCUT2D eigenvalue weighted by Gasteiger charge is 2.25. The number of aromatic nitrogens is 2. The van der Waals surface area contributed by atoms with E-state index in [-0.39, 0.29) is 11.8 Å². The smallest absolute Gasteiger partial charge is 0.271 e. The van der Waals surface area contributed by atoms with Crippen LogP contribution in [0.3, 0.4) is 0 Å². The molecule has 1 aromatic carbocycles. The van der Waals surface area contributed by atoms with Crippen LogP contribution in [0.4, 0.5) is 0 Å². The molecule has 2 aromatic rings. The van der Waals surface area contributed by atoms with E-state index in [0.29, 0.717) is 31.1 Å². The number of rotatable bonds is 7. The minimum Gasteiger partial charge on any atom is -0.497 e. The van der Waals surface area contributed by atoms with Gasteiger partial charge < -0.3 is 19.9 Å². The van der Waals surface area contributed by atoms with Crippen molar-refractivity contribution < 1.29 is 14.3 Å². The lowest BCUT2D eigenvalue weighted by Gasteiger charge is -2.32. The van der Waals surface area contributed by atoms with E-state index < -0.39 is 0 Å². The fraction of sp³-hybridized carbons (Fsp3) is 0.450. The number of nitrogens with zero attached hydrogens (tertiary/aromatic N) is 2. The maximum atomic E-state index is 12.4. The topological polar surface area (TPSA) is 87.3 Å². The number of likely N-dealkylation sites (tertiary alicyclic amines) is 1. The molecule has 27 heavy (non-hydrogen) atoms. The second-order valence-corrected chi connectivity index (χ2v) is 6.89. The molecule has 1 saturated heterocycles. The van der Waals surface area contributed by atoms with Gasteiger partial charge in [-0.15, -0.1) is 0 Å². The number of carbonyl (C=O) groups excluding carboxylic acids is 2. The fourth-order valence-electron chi connectivity index (χ4n) is 3.44. The molecule has 144 valence electrons. The minimum absolute atomic E-state index is 0.0142. The van der Waals surface area contributed by atoms with Crippen molar-refractivity contribution in [1.82, 2.24) is 20.2 Å². The van der Waals surface area contributed by atoms with Crippen LogP contribution in [-0.4, -0.2) is 46.9 Å². The molecular formula is C20H26N4O3. The van der Waals surface area contributed by atoms with Gasteiger partial charge in [-0.1, -0.05) is 12.1 Å². The van der Waals surface area contributed by atoms with Gasteiger partial charge in [0.15, 0.2) is 0 Å². The molecule has 1 aliphatic heterocycles. The molecule has 7 heteroatoms. The monoisotopic (exact) mass is 370 g/mol. The maximum absolute atomic E-state index is 12.4. The van der Waals surface area contributed by atoms with Crippen LogP contribution in [-0.2, 0) is 11.3 Å². The van der Waals surface area contributed by atoms with Gasteiger partial charge in [-0.25, -0.2) is 4.98 Å². The van der Waals surface area contributed by atoms with Crippen molar-refractivity contribution in [3.05, 3.63) is 48.0 Å². The molecule has 2 amide bonds. The third-order valence-electron chi connectivity index (χ3n) is 4.94. The Kier molecular flexibility index (Phi) is 6.46. The number of nitrogens with one attached hydrogen (secondary N) is 2. The van der Waals surface area contributed by atoms with Crippen LogP contribution in [0.1, 0.15) is 41.7 Å². The molecule has 7 nitrogen and oxygen atoms in total. The maximum Gasteiger partial charge on any atom is 0.271 e. The number of aromatic amines is 1. The first kappa shape index (κ1) is 18.9. The first-order chi connectivity index (χ1) is 13.2. The van der Waals surface area contributed by atoms with Gasteiger partial charge >= 0.3 is 0 Å². The zero-order valence-electron chi connectivity index (χ0n) is 15.6. The van der Waals surface area contributed by atoms with Gasteiger partial charge in [-0.2, -0.15) is 0 Å². The molecule has 0 bridgehead atoms. The van der Waals surface area contributed by atoms with Gasteiger partial charge in [0.05, 0.1) is 19.6 Å². The van der Waals surface area contributed by atoms with E-state index in [1.54, 1.807) is 13.3 Å². The van der Waals surface area contributed by atoms with Crippen molar-refractivity contribution in [3.63, 3.8) is 0 Å². The third-order valence-corrected chi connectivity index (χ3v) is 4.94. The molecule has 3 rings (SSSR count). The Morgan fingerprint density at radius 3 is 3.07 bits per heavy atom. The summed E-state index contributed by atoms with van der Waals surface area (Å²) >= 11 is 0. The summed E-state index contributed by atoms with van der Waals surface area (Å²) in [7, 11) is 1.63. The van der Waals surface area contributed by atoms with Crippen LogP contribution in [0.15, 0.2) is 36.8 Å². The van der Waals surface area contributed by atoms with E-state index in [0.717, 1.165) is 37.1 Å². The number of benzene rings is 1. The standard InChI is InChI=1S/C20H26N4O3/c1-27-17-6-2-4-16(10-17)11-22-19(25)8-7-15-5-3-9-24(13-15)20(26)18-12-21-14-23-18/h2,4,6,10,12,14-15H,3,5,7-9,11,13H2,1H3,(H,21,23)(H,22,25)/t15-/m1/s1. The Morgan fingerprint density at radius 2 is 2.30 bits per heavy atom. The van der Waals surface area contributed by atoms with Crippen molar-refractivity contribution in [3.8, 4) is 5.75 Å². The fourth-order valence-corrected chi connectivity index (χ4v) is 3.44. The zero-order chi connectivity index (χ0) is 19.1. The van der Waals surface area contributed by atoms with Crippen molar-refractivity contribution in [2.24, 2.45) is 5.92 Å². The number of methoxy groups -OCH3 is 1. The number of hydrogen-bond acceptors (Lipinski definition) is 4. The minimum atomic E-state index is -0.0142. The molecule has 2 N–H and O–H groups in total. The van der Waals surface area contributed by atoms with E-state index in [1.807, 2.05) is 29.2 Å². The Labute approximate surface area is 159 Å². The molecule has 0 aliphatic carbocycles. The summed E-state index contributed by atoms with van der Waals surface area (Å²) in [5, 5.41) is 2.96. The van der Waals surface area contributed by atoms with Gasteiger partial charge in [-0.05, 0) is 42.9 Å². The predicted octanol–water partition coefficient (Wildman–Crippen LogP) is 2.37. The molecule has 2 heterocycles. The number of ether oxygens (including phenoxy) is 1. The molecule has 1 atom stereocenters. The highest BCUT2D eigenvalue weighted by Crippen LogP contribution is 2.22. The average Bonchev–Trinajstić information content (AvgIpc) is 3.25. The summed E-state index contributed by atoms with van der Waals surface area (Å²) < 4.78 is 5.19. The Hall–Kier alpha value is -2.83. The lowest BCUT2D eigenvalue weighted by atomic mass is 9.93. The number of piperidine rings is 1. The molecule has 0 radical (unpaired) electrons. The SMILES string of the molecule is COc1cccc(CNC(=O)CC[C@H]2CCCN(C(=O)c3cnc[nH]3)C2)c1. The predicted molar refractivity (Wildman–Crippen MR) is 101 cm³/mol. The lowest BCUT2D eigenvalue weighted by Crippen LogP contribution is -2.40. The summed E-state index contributed by atoms with van der Waals surface area (Å²) in [6.07, 6.45) is 6.35. The van der Waals surface area contributed by atoms with E-state index in [9.17, 15) is 9.59 Å². The summed E-state index contributed by atoms with van der Waals surface area (Å²) in [6.45, 7) is 1.95. The van der Waals surface area contributed by atoms with Gasteiger partial charge in [0, 0.05) is 26.1 Å². The lowest BCUT2D eigenvalue weighted by molar-refractivity contribution is -0.121. The van der Waals surface area contributed by atoms with Crippen LogP contribution in [0.25, 0.3) is 0 Å². The van der Waals surface area contributed by atoms with Crippen LogP contribution in [0, 0.1) is 5.92 Å². The number of imidazole rings is 1. The zero-order valence-corrected chi connectivity index (χ0v) is 15.6. The summed E-state index contributed by atoms with van der Waals surface area (Å²) in [5.74, 6) is 1.16. The largest absolute Gasteiger partial charge is 0.497 e. The molecule has 1 aliphatic rings. The normalized spacial score (nSPS) is 16.8. The highest BCUT2D eigenvalue weighted by atomic mass is 16.5. The molecule has 1 fully saturated rings. The second-order valence-electron chi connectivity index (χ2n) is 6.89. The van der Waals surface area contributed by atoms with Gasteiger partial charge in [-0.3, -0.25) is 9.59 Å². The average molecular weight is 370 g/mol. The quantitative estimate of drug-likeness (QED) is 0.783. The number of H-pyrrole nitrogens is 1. The van der Waals surface area contributed by atoms with Crippen molar-refractivity contribution in [1.29, 1.82) is 0 Å².